The zero-order valence-electron chi connectivity index (χ0n) is 12.3. The molecule has 0 amide bonds. The molecule has 21 heavy (non-hydrogen) atoms. The second kappa shape index (κ2) is 5.60. The maximum Gasteiger partial charge on any atom is 0.147 e. The highest BCUT2D eigenvalue weighted by molar-refractivity contribution is 5.75. The van der Waals surface area contributed by atoms with Crippen LogP contribution in [0.3, 0.4) is 0 Å². The van der Waals surface area contributed by atoms with Crippen molar-refractivity contribution in [3.63, 3.8) is 0 Å². The minimum Gasteiger partial charge on any atom is -0.355 e. The molecule has 2 aromatic rings. The molecule has 2 fully saturated rings. The van der Waals surface area contributed by atoms with Gasteiger partial charge in [0.2, 0.25) is 0 Å². The summed E-state index contributed by atoms with van der Waals surface area (Å²) in [7, 11) is 0. The number of hydrogen-bond acceptors (Lipinski definition) is 4. The molecule has 4 nitrogen and oxygen atoms in total. The van der Waals surface area contributed by atoms with Crippen LogP contribution in [0, 0.1) is 5.92 Å². The van der Waals surface area contributed by atoms with Gasteiger partial charge in [0.15, 0.2) is 0 Å². The van der Waals surface area contributed by atoms with Crippen LogP contribution in [0.25, 0.3) is 11.0 Å². The minimum atomic E-state index is 0.828. The lowest BCUT2D eigenvalue weighted by atomic mass is 9.97. The van der Waals surface area contributed by atoms with Crippen LogP contribution in [0.4, 0.5) is 5.82 Å². The van der Waals surface area contributed by atoms with Gasteiger partial charge in [0, 0.05) is 19.1 Å². The van der Waals surface area contributed by atoms with Crippen molar-refractivity contribution in [2.75, 3.05) is 24.5 Å². The lowest BCUT2D eigenvalue weighted by Crippen LogP contribution is -2.38. The van der Waals surface area contributed by atoms with Crippen LogP contribution in [0.2, 0.25) is 0 Å². The van der Waals surface area contributed by atoms with Crippen LogP contribution >= 0.6 is 0 Å². The number of aromatic nitrogens is 2. The predicted molar refractivity (Wildman–Crippen MR) is 85.5 cm³/mol. The van der Waals surface area contributed by atoms with Gasteiger partial charge in [0.05, 0.1) is 17.2 Å². The lowest BCUT2D eigenvalue weighted by Gasteiger charge is -2.32. The average molecular weight is 282 g/mol. The summed E-state index contributed by atoms with van der Waals surface area (Å²) in [5, 5.41) is 3.66. The van der Waals surface area contributed by atoms with Crippen molar-refractivity contribution in [3.8, 4) is 0 Å². The molecule has 1 aromatic heterocycles. The summed E-state index contributed by atoms with van der Waals surface area (Å²) in [6.07, 6.45) is 7.20. The molecule has 2 heterocycles. The van der Waals surface area contributed by atoms with E-state index in [9.17, 15) is 0 Å². The number of para-hydroxylation sites is 2. The van der Waals surface area contributed by atoms with Gasteiger partial charge in [0.1, 0.15) is 5.82 Å². The van der Waals surface area contributed by atoms with Crippen LogP contribution in [0.15, 0.2) is 30.5 Å². The van der Waals surface area contributed by atoms with E-state index in [1.54, 1.807) is 0 Å². The van der Waals surface area contributed by atoms with Gasteiger partial charge in [-0.2, -0.15) is 0 Å². The van der Waals surface area contributed by atoms with Crippen LogP contribution in [0.1, 0.15) is 25.7 Å². The fraction of sp³-hybridized carbons (Fsp3) is 0.529. The Bertz CT molecular complexity index is 615. The number of hydrogen-bond donors (Lipinski definition) is 1. The molecule has 1 aliphatic heterocycles. The fourth-order valence-electron chi connectivity index (χ4n) is 3.09. The highest BCUT2D eigenvalue weighted by Crippen LogP contribution is 2.24. The standard InChI is InChI=1S/C17H22N4/c1-2-4-16-15(3-1)19-12-17(20-16)21-9-7-13(8-10-21)11-18-14-5-6-14/h1-4,12-14,18H,5-11H2. The molecule has 0 atom stereocenters. The highest BCUT2D eigenvalue weighted by Gasteiger charge is 2.24. The van der Waals surface area contributed by atoms with Gasteiger partial charge in [0.25, 0.3) is 0 Å². The van der Waals surface area contributed by atoms with Crippen molar-refractivity contribution < 1.29 is 0 Å². The SMILES string of the molecule is c1ccc2nc(N3CCC(CNC4CC4)CC3)cnc2c1. The van der Waals surface area contributed by atoms with Crippen LogP contribution in [-0.4, -0.2) is 35.6 Å². The normalized spacial score (nSPS) is 20.1. The molecule has 0 bridgehead atoms. The maximum atomic E-state index is 4.76. The molecule has 0 spiro atoms. The third kappa shape index (κ3) is 3.00. The Morgan fingerprint density at radius 2 is 1.81 bits per heavy atom. The van der Waals surface area contributed by atoms with Gasteiger partial charge in [-0.05, 0) is 50.3 Å². The molecule has 0 radical (unpaired) electrons. The summed E-state index contributed by atoms with van der Waals surface area (Å²) in [4.78, 5) is 11.7. The van der Waals surface area contributed by atoms with Gasteiger partial charge < -0.3 is 10.2 Å². The van der Waals surface area contributed by atoms with E-state index in [2.05, 4.69) is 15.2 Å². The summed E-state index contributed by atoms with van der Waals surface area (Å²) < 4.78 is 0. The van der Waals surface area contributed by atoms with Crippen molar-refractivity contribution in [3.05, 3.63) is 30.5 Å². The fourth-order valence-corrected chi connectivity index (χ4v) is 3.09. The van der Waals surface area contributed by atoms with Crippen molar-refractivity contribution in [2.24, 2.45) is 5.92 Å². The number of nitrogens with zero attached hydrogens (tertiary/aromatic N) is 3. The smallest absolute Gasteiger partial charge is 0.147 e. The molecule has 2 aliphatic rings. The molecule has 110 valence electrons. The largest absolute Gasteiger partial charge is 0.355 e. The number of nitrogens with one attached hydrogen (secondary N) is 1. The molecule has 4 rings (SSSR count). The van der Waals surface area contributed by atoms with E-state index in [0.29, 0.717) is 0 Å². The molecule has 1 saturated heterocycles. The first-order chi connectivity index (χ1) is 10.4. The van der Waals surface area contributed by atoms with E-state index < -0.39 is 0 Å². The molecule has 1 aliphatic carbocycles. The Morgan fingerprint density at radius 1 is 1.05 bits per heavy atom. The number of fused-ring (bicyclic) bond motifs is 1. The van der Waals surface area contributed by atoms with Gasteiger partial charge in [-0.15, -0.1) is 0 Å². The molecule has 1 saturated carbocycles. The first-order valence-corrected chi connectivity index (χ1v) is 8.08. The molecular weight excluding hydrogens is 260 g/mol. The van der Waals surface area contributed by atoms with Gasteiger partial charge in [-0.25, -0.2) is 4.98 Å². The first-order valence-electron chi connectivity index (χ1n) is 8.08. The summed E-state index contributed by atoms with van der Waals surface area (Å²) in [5.41, 5.74) is 1.97. The Labute approximate surface area is 125 Å². The first kappa shape index (κ1) is 13.0. The quantitative estimate of drug-likeness (QED) is 0.936. The second-order valence-corrected chi connectivity index (χ2v) is 6.33. The summed E-state index contributed by atoms with van der Waals surface area (Å²) in [5.74, 6) is 1.86. The number of piperidine rings is 1. The Hall–Kier alpha value is -1.68. The van der Waals surface area contributed by atoms with E-state index in [0.717, 1.165) is 41.9 Å². The van der Waals surface area contributed by atoms with Gasteiger partial charge in [-0.1, -0.05) is 12.1 Å². The lowest BCUT2D eigenvalue weighted by molar-refractivity contribution is 0.381. The zero-order chi connectivity index (χ0) is 14.1. The van der Waals surface area contributed by atoms with E-state index in [4.69, 9.17) is 4.98 Å². The van der Waals surface area contributed by atoms with E-state index in [-0.39, 0.29) is 0 Å². The third-order valence-corrected chi connectivity index (χ3v) is 4.65. The topological polar surface area (TPSA) is 41.1 Å². The molecule has 4 heteroatoms. The Balaban J connectivity index is 1.39. The second-order valence-electron chi connectivity index (χ2n) is 6.33. The summed E-state index contributed by atoms with van der Waals surface area (Å²) in [6, 6.07) is 8.92. The van der Waals surface area contributed by atoms with Crippen molar-refractivity contribution >= 4 is 16.9 Å². The number of benzene rings is 1. The number of anilines is 1. The van der Waals surface area contributed by atoms with Crippen molar-refractivity contribution in [2.45, 2.75) is 31.7 Å². The molecular formula is C17H22N4. The molecule has 1 N–H and O–H groups in total. The Morgan fingerprint density at radius 3 is 2.57 bits per heavy atom. The van der Waals surface area contributed by atoms with Gasteiger partial charge >= 0.3 is 0 Å². The molecule has 1 aromatic carbocycles. The van der Waals surface area contributed by atoms with E-state index >= 15 is 0 Å². The highest BCUT2D eigenvalue weighted by atomic mass is 15.2. The van der Waals surface area contributed by atoms with Crippen LogP contribution in [0.5, 0.6) is 0 Å². The van der Waals surface area contributed by atoms with Crippen LogP contribution < -0.4 is 10.2 Å². The summed E-state index contributed by atoms with van der Waals surface area (Å²) >= 11 is 0. The average Bonchev–Trinajstić information content (AvgIpc) is 3.37. The van der Waals surface area contributed by atoms with Crippen LogP contribution in [-0.2, 0) is 0 Å². The van der Waals surface area contributed by atoms with E-state index in [1.807, 2.05) is 30.5 Å². The maximum absolute atomic E-state index is 4.76. The monoisotopic (exact) mass is 282 g/mol. The molecule has 0 unspecified atom stereocenters. The third-order valence-electron chi connectivity index (χ3n) is 4.65. The van der Waals surface area contributed by atoms with E-state index in [1.165, 1.54) is 32.2 Å². The zero-order valence-corrected chi connectivity index (χ0v) is 12.3. The number of rotatable bonds is 4. The van der Waals surface area contributed by atoms with Crippen molar-refractivity contribution in [1.29, 1.82) is 0 Å². The van der Waals surface area contributed by atoms with Gasteiger partial charge in [-0.3, -0.25) is 4.98 Å². The van der Waals surface area contributed by atoms with Crippen molar-refractivity contribution in [1.82, 2.24) is 15.3 Å². The summed E-state index contributed by atoms with van der Waals surface area (Å²) in [6.45, 7) is 3.40. The minimum absolute atomic E-state index is 0.828. The Kier molecular flexibility index (Phi) is 3.47. The predicted octanol–water partition coefficient (Wildman–Crippen LogP) is 2.60.